The van der Waals surface area contributed by atoms with Gasteiger partial charge in [-0.15, -0.1) is 0 Å². The van der Waals surface area contributed by atoms with E-state index in [0.717, 1.165) is 12.0 Å². The number of ether oxygens (including phenoxy) is 1. The summed E-state index contributed by atoms with van der Waals surface area (Å²) < 4.78 is 5.51. The fraction of sp³-hybridized carbons (Fsp3) is 0.545. The molecule has 3 amide bonds. The molecule has 226 valence electrons. The van der Waals surface area contributed by atoms with Gasteiger partial charge in [-0.3, -0.25) is 9.59 Å². The lowest BCUT2D eigenvalue weighted by atomic mass is 9.95. The van der Waals surface area contributed by atoms with Crippen LogP contribution in [0.3, 0.4) is 0 Å². The summed E-state index contributed by atoms with van der Waals surface area (Å²) in [6, 6.07) is 13.5. The second-order valence-electron chi connectivity index (χ2n) is 13.2. The first-order valence-corrected chi connectivity index (χ1v) is 14.4. The van der Waals surface area contributed by atoms with Gasteiger partial charge in [0.1, 0.15) is 23.4 Å². The van der Waals surface area contributed by atoms with Crippen LogP contribution in [0, 0.1) is 5.92 Å². The third kappa shape index (κ3) is 11.5. The van der Waals surface area contributed by atoms with Crippen LogP contribution in [0.5, 0.6) is 5.75 Å². The van der Waals surface area contributed by atoms with Crippen molar-refractivity contribution >= 4 is 17.9 Å². The molecule has 0 bridgehead atoms. The Balaban J connectivity index is 2.63. The smallest absolute Gasteiger partial charge is 0.408 e. The van der Waals surface area contributed by atoms with Gasteiger partial charge in [0.25, 0.3) is 0 Å². The SMILES string of the molecule is CC(C)CCC(C)N(C(=O)C(Cc1ccc(O)cc1)NC(=O)OC(C)(C)C)C(C(=O)NC(C)(C)C)c1ccccc1. The quantitative estimate of drug-likeness (QED) is 0.302. The molecular weight excluding hydrogens is 518 g/mol. The van der Waals surface area contributed by atoms with E-state index < -0.39 is 35.2 Å². The molecule has 0 heterocycles. The van der Waals surface area contributed by atoms with E-state index in [1.165, 1.54) is 12.1 Å². The number of phenolic OH excluding ortho intramolecular Hbond substituents is 1. The maximum absolute atomic E-state index is 14.6. The van der Waals surface area contributed by atoms with Gasteiger partial charge in [0.2, 0.25) is 11.8 Å². The first-order valence-electron chi connectivity index (χ1n) is 14.4. The Hall–Kier alpha value is -3.55. The van der Waals surface area contributed by atoms with E-state index in [1.807, 2.05) is 58.0 Å². The molecule has 8 heteroatoms. The molecule has 0 spiro atoms. The molecular formula is C33H49N3O5. The van der Waals surface area contributed by atoms with E-state index >= 15 is 0 Å². The van der Waals surface area contributed by atoms with Gasteiger partial charge in [0.15, 0.2) is 0 Å². The molecule has 2 aromatic carbocycles. The van der Waals surface area contributed by atoms with Crippen LogP contribution in [0.1, 0.15) is 92.3 Å². The molecule has 0 fully saturated rings. The number of phenols is 1. The van der Waals surface area contributed by atoms with Crippen molar-refractivity contribution in [2.75, 3.05) is 0 Å². The minimum atomic E-state index is -1.02. The highest BCUT2D eigenvalue weighted by atomic mass is 16.6. The van der Waals surface area contributed by atoms with Gasteiger partial charge in [-0.1, -0.05) is 56.3 Å². The Morgan fingerprint density at radius 3 is 1.98 bits per heavy atom. The van der Waals surface area contributed by atoms with Gasteiger partial charge < -0.3 is 25.4 Å². The van der Waals surface area contributed by atoms with Crippen LogP contribution in [0.25, 0.3) is 0 Å². The summed E-state index contributed by atoms with van der Waals surface area (Å²) in [7, 11) is 0. The molecule has 0 saturated heterocycles. The number of nitrogens with one attached hydrogen (secondary N) is 2. The molecule has 0 saturated carbocycles. The van der Waals surface area contributed by atoms with Crippen LogP contribution >= 0.6 is 0 Å². The lowest BCUT2D eigenvalue weighted by Gasteiger charge is -2.40. The highest BCUT2D eigenvalue weighted by Crippen LogP contribution is 2.29. The van der Waals surface area contributed by atoms with Gasteiger partial charge in [-0.05, 0) is 90.5 Å². The number of alkyl carbamates (subject to hydrolysis) is 1. The van der Waals surface area contributed by atoms with Gasteiger partial charge in [-0.2, -0.15) is 0 Å². The van der Waals surface area contributed by atoms with E-state index in [1.54, 1.807) is 37.8 Å². The second kappa shape index (κ2) is 14.4. The molecule has 8 nitrogen and oxygen atoms in total. The zero-order valence-electron chi connectivity index (χ0n) is 26.2. The summed E-state index contributed by atoms with van der Waals surface area (Å²) in [4.78, 5) is 43.1. The van der Waals surface area contributed by atoms with Crippen molar-refractivity contribution in [3.8, 4) is 5.75 Å². The molecule has 0 aliphatic carbocycles. The van der Waals surface area contributed by atoms with Crippen LogP contribution < -0.4 is 10.6 Å². The number of aromatic hydroxyl groups is 1. The maximum atomic E-state index is 14.6. The Bertz CT molecular complexity index is 1130. The normalized spacial score (nSPS) is 14.1. The van der Waals surface area contributed by atoms with Gasteiger partial charge in [0.05, 0.1) is 0 Å². The summed E-state index contributed by atoms with van der Waals surface area (Å²) in [5, 5.41) is 15.6. The monoisotopic (exact) mass is 567 g/mol. The fourth-order valence-electron chi connectivity index (χ4n) is 4.52. The van der Waals surface area contributed by atoms with Crippen molar-refractivity contribution in [1.82, 2.24) is 15.5 Å². The number of amides is 3. The van der Waals surface area contributed by atoms with E-state index in [9.17, 15) is 19.5 Å². The van der Waals surface area contributed by atoms with Gasteiger partial charge in [0, 0.05) is 18.0 Å². The zero-order chi connectivity index (χ0) is 31.0. The van der Waals surface area contributed by atoms with E-state index in [4.69, 9.17) is 4.74 Å². The molecule has 0 radical (unpaired) electrons. The lowest BCUT2D eigenvalue weighted by Crippen LogP contribution is -2.57. The van der Waals surface area contributed by atoms with Crippen molar-refractivity contribution in [2.45, 2.75) is 111 Å². The minimum absolute atomic E-state index is 0.101. The molecule has 0 aliphatic heterocycles. The van der Waals surface area contributed by atoms with Crippen molar-refractivity contribution in [1.29, 1.82) is 0 Å². The summed E-state index contributed by atoms with van der Waals surface area (Å²) in [6.45, 7) is 17.2. The van der Waals surface area contributed by atoms with Crippen molar-refractivity contribution in [3.05, 3.63) is 65.7 Å². The predicted octanol–water partition coefficient (Wildman–Crippen LogP) is 6.14. The average Bonchev–Trinajstić information content (AvgIpc) is 2.84. The van der Waals surface area contributed by atoms with Crippen LogP contribution in [0.4, 0.5) is 4.79 Å². The van der Waals surface area contributed by atoms with Crippen molar-refractivity contribution in [2.24, 2.45) is 5.92 Å². The molecule has 2 rings (SSSR count). The lowest BCUT2D eigenvalue weighted by molar-refractivity contribution is -0.145. The molecule has 41 heavy (non-hydrogen) atoms. The molecule has 3 unspecified atom stereocenters. The van der Waals surface area contributed by atoms with Crippen LogP contribution in [0.15, 0.2) is 54.6 Å². The Morgan fingerprint density at radius 2 is 1.46 bits per heavy atom. The average molecular weight is 568 g/mol. The minimum Gasteiger partial charge on any atom is -0.508 e. The number of carbonyl (C=O) groups is 3. The number of hydrogen-bond donors (Lipinski definition) is 3. The molecule has 2 aromatic rings. The summed E-state index contributed by atoms with van der Waals surface area (Å²) in [5.41, 5.74) is 0.127. The number of carbonyl (C=O) groups excluding carboxylic acids is 3. The third-order valence-corrected chi connectivity index (χ3v) is 6.40. The molecule has 0 aliphatic rings. The van der Waals surface area contributed by atoms with Crippen molar-refractivity contribution < 1.29 is 24.2 Å². The third-order valence-electron chi connectivity index (χ3n) is 6.40. The number of rotatable bonds is 11. The van der Waals surface area contributed by atoms with Crippen LogP contribution in [0.2, 0.25) is 0 Å². The highest BCUT2D eigenvalue weighted by Gasteiger charge is 2.39. The topological polar surface area (TPSA) is 108 Å². The zero-order valence-corrected chi connectivity index (χ0v) is 26.2. The Morgan fingerprint density at radius 1 is 0.878 bits per heavy atom. The predicted molar refractivity (Wildman–Crippen MR) is 162 cm³/mol. The van der Waals surface area contributed by atoms with Crippen molar-refractivity contribution in [3.63, 3.8) is 0 Å². The molecule has 3 atom stereocenters. The molecule has 3 N–H and O–H groups in total. The number of hydrogen-bond acceptors (Lipinski definition) is 5. The van der Waals surface area contributed by atoms with E-state index in [2.05, 4.69) is 24.5 Å². The molecule has 0 aromatic heterocycles. The maximum Gasteiger partial charge on any atom is 0.408 e. The Kier molecular flexibility index (Phi) is 11.8. The van der Waals surface area contributed by atoms with Crippen LogP contribution in [-0.2, 0) is 20.7 Å². The standard InChI is InChI=1S/C33H49N3O5/c1-22(2)15-16-23(3)36(28(25-13-11-10-12-14-25)29(38)35-32(4,5)6)30(39)27(34-31(40)41-33(7,8)9)21-24-17-19-26(37)20-18-24/h10-14,17-20,22-23,27-28,37H,15-16,21H2,1-9H3,(H,34,40)(H,35,38). The van der Waals surface area contributed by atoms with E-state index in [0.29, 0.717) is 17.9 Å². The van der Waals surface area contributed by atoms with E-state index in [-0.39, 0.29) is 24.1 Å². The summed E-state index contributed by atoms with van der Waals surface area (Å²) in [6.07, 6.45) is 0.956. The second-order valence-corrected chi connectivity index (χ2v) is 13.2. The number of benzene rings is 2. The first-order chi connectivity index (χ1) is 19.0. The van der Waals surface area contributed by atoms with Crippen LogP contribution in [-0.4, -0.2) is 51.1 Å². The Labute approximate surface area is 245 Å². The summed E-state index contributed by atoms with van der Waals surface area (Å²) in [5.74, 6) is -0.184. The largest absolute Gasteiger partial charge is 0.508 e. The fourth-order valence-corrected chi connectivity index (χ4v) is 4.52. The van der Waals surface area contributed by atoms with Gasteiger partial charge >= 0.3 is 6.09 Å². The first kappa shape index (κ1) is 33.7. The summed E-state index contributed by atoms with van der Waals surface area (Å²) >= 11 is 0. The highest BCUT2D eigenvalue weighted by molar-refractivity contribution is 5.92. The van der Waals surface area contributed by atoms with Gasteiger partial charge in [-0.25, -0.2) is 4.79 Å². The number of nitrogens with zero attached hydrogens (tertiary/aromatic N) is 1.